The molecule has 90 valence electrons. The second kappa shape index (κ2) is 4.94. The molecule has 0 aliphatic rings. The fraction of sp³-hybridized carbons (Fsp3) is 0.889. The van der Waals surface area contributed by atoms with Crippen LogP contribution in [-0.2, 0) is 10.0 Å². The quantitative estimate of drug-likeness (QED) is 0.532. The zero-order valence-corrected chi connectivity index (χ0v) is 10.9. The van der Waals surface area contributed by atoms with E-state index in [1.165, 1.54) is 0 Å². The lowest BCUT2D eigenvalue weighted by Gasteiger charge is -2.23. The first kappa shape index (κ1) is 14.4. The fourth-order valence-corrected chi connectivity index (χ4v) is 2.07. The molecule has 0 aromatic rings. The standard InChI is InChI=1S/C9H21N3O2S/c1-7(2)8(10)11-6-9(3,4)12-15(5,13)14/h7,12H,6H2,1-5H3,(H2,10,11). The first-order valence-electron chi connectivity index (χ1n) is 4.82. The van der Waals surface area contributed by atoms with Gasteiger partial charge in [-0.1, -0.05) is 13.8 Å². The van der Waals surface area contributed by atoms with E-state index in [2.05, 4.69) is 9.71 Å². The first-order chi connectivity index (χ1) is 6.53. The first-order valence-corrected chi connectivity index (χ1v) is 6.71. The summed E-state index contributed by atoms with van der Waals surface area (Å²) in [5.41, 5.74) is 5.06. The third-order valence-corrected chi connectivity index (χ3v) is 2.63. The molecule has 0 aromatic heterocycles. The Kier molecular flexibility index (Phi) is 4.73. The van der Waals surface area contributed by atoms with Crippen LogP contribution >= 0.6 is 0 Å². The molecule has 0 spiro atoms. The zero-order chi connectivity index (χ0) is 12.3. The monoisotopic (exact) mass is 235 g/mol. The van der Waals surface area contributed by atoms with Gasteiger partial charge in [-0.25, -0.2) is 13.1 Å². The van der Waals surface area contributed by atoms with Gasteiger partial charge in [-0.3, -0.25) is 4.99 Å². The van der Waals surface area contributed by atoms with Crippen LogP contribution in [0, 0.1) is 5.92 Å². The van der Waals surface area contributed by atoms with E-state index < -0.39 is 15.6 Å². The minimum atomic E-state index is -3.21. The average molecular weight is 235 g/mol. The molecule has 0 saturated heterocycles. The van der Waals surface area contributed by atoms with E-state index in [4.69, 9.17) is 5.73 Å². The number of rotatable bonds is 5. The van der Waals surface area contributed by atoms with Crippen molar-refractivity contribution in [3.8, 4) is 0 Å². The normalized spacial score (nSPS) is 14.7. The van der Waals surface area contributed by atoms with E-state index >= 15 is 0 Å². The van der Waals surface area contributed by atoms with E-state index in [9.17, 15) is 8.42 Å². The van der Waals surface area contributed by atoms with Crippen LogP contribution in [0.2, 0.25) is 0 Å². The minimum Gasteiger partial charge on any atom is -0.387 e. The molecule has 0 heterocycles. The van der Waals surface area contributed by atoms with Crippen molar-refractivity contribution in [1.82, 2.24) is 4.72 Å². The van der Waals surface area contributed by atoms with Crippen molar-refractivity contribution in [3.63, 3.8) is 0 Å². The van der Waals surface area contributed by atoms with Gasteiger partial charge >= 0.3 is 0 Å². The maximum atomic E-state index is 11.0. The Balaban J connectivity index is 4.46. The van der Waals surface area contributed by atoms with Gasteiger partial charge in [0.05, 0.1) is 18.6 Å². The van der Waals surface area contributed by atoms with Crippen molar-refractivity contribution in [3.05, 3.63) is 0 Å². The predicted octanol–water partition coefficient (Wildman–Crippen LogP) is 0.327. The molecule has 0 radical (unpaired) electrons. The van der Waals surface area contributed by atoms with Crippen molar-refractivity contribution in [2.45, 2.75) is 33.2 Å². The summed E-state index contributed by atoms with van der Waals surface area (Å²) in [6.07, 6.45) is 1.13. The third-order valence-electron chi connectivity index (χ3n) is 1.71. The van der Waals surface area contributed by atoms with E-state index in [1.807, 2.05) is 13.8 Å². The van der Waals surface area contributed by atoms with E-state index in [0.717, 1.165) is 6.26 Å². The molecule has 0 saturated carbocycles. The summed E-state index contributed by atoms with van der Waals surface area (Å²) in [6.45, 7) is 7.76. The zero-order valence-electron chi connectivity index (χ0n) is 10.0. The predicted molar refractivity (Wildman–Crippen MR) is 63.4 cm³/mol. The molecular formula is C9H21N3O2S. The highest BCUT2D eigenvalue weighted by molar-refractivity contribution is 7.88. The summed E-state index contributed by atoms with van der Waals surface area (Å²) in [4.78, 5) is 4.15. The summed E-state index contributed by atoms with van der Waals surface area (Å²) in [5, 5.41) is 0. The minimum absolute atomic E-state index is 0.180. The van der Waals surface area contributed by atoms with Crippen LogP contribution in [0.15, 0.2) is 4.99 Å². The van der Waals surface area contributed by atoms with Gasteiger partial charge in [-0.15, -0.1) is 0 Å². The van der Waals surface area contributed by atoms with Gasteiger partial charge in [0, 0.05) is 11.5 Å². The van der Waals surface area contributed by atoms with Gasteiger partial charge in [-0.05, 0) is 13.8 Å². The largest absolute Gasteiger partial charge is 0.387 e. The molecule has 6 heteroatoms. The number of nitrogens with zero attached hydrogens (tertiary/aromatic N) is 1. The van der Waals surface area contributed by atoms with Crippen LogP contribution in [0.4, 0.5) is 0 Å². The average Bonchev–Trinajstić information content (AvgIpc) is 1.95. The molecular weight excluding hydrogens is 214 g/mol. The van der Waals surface area contributed by atoms with Crippen LogP contribution in [0.5, 0.6) is 0 Å². The summed E-state index contributed by atoms with van der Waals surface area (Å²) in [6, 6.07) is 0. The Morgan fingerprint density at radius 2 is 1.93 bits per heavy atom. The Morgan fingerprint density at radius 1 is 1.47 bits per heavy atom. The van der Waals surface area contributed by atoms with E-state index in [1.54, 1.807) is 13.8 Å². The van der Waals surface area contributed by atoms with Crippen molar-refractivity contribution in [2.75, 3.05) is 12.8 Å². The van der Waals surface area contributed by atoms with Gasteiger partial charge in [-0.2, -0.15) is 0 Å². The van der Waals surface area contributed by atoms with Gasteiger partial charge in [0.1, 0.15) is 0 Å². The lowest BCUT2D eigenvalue weighted by atomic mass is 10.1. The van der Waals surface area contributed by atoms with Crippen molar-refractivity contribution >= 4 is 15.9 Å². The summed E-state index contributed by atoms with van der Waals surface area (Å²) < 4.78 is 24.6. The Labute approximate surface area is 92.2 Å². The van der Waals surface area contributed by atoms with Crippen LogP contribution in [0.1, 0.15) is 27.7 Å². The van der Waals surface area contributed by atoms with Gasteiger partial charge in [0.25, 0.3) is 0 Å². The van der Waals surface area contributed by atoms with Crippen LogP contribution < -0.4 is 10.5 Å². The number of hydrogen-bond acceptors (Lipinski definition) is 3. The molecule has 0 aliphatic heterocycles. The lowest BCUT2D eigenvalue weighted by Crippen LogP contribution is -2.45. The molecule has 0 rings (SSSR count). The molecule has 0 fully saturated rings. The molecule has 0 aromatic carbocycles. The van der Waals surface area contributed by atoms with Gasteiger partial charge in [0.15, 0.2) is 0 Å². The highest BCUT2D eigenvalue weighted by Crippen LogP contribution is 2.05. The molecule has 15 heavy (non-hydrogen) atoms. The molecule has 0 aliphatic carbocycles. The van der Waals surface area contributed by atoms with Gasteiger partial charge in [0.2, 0.25) is 10.0 Å². The highest BCUT2D eigenvalue weighted by atomic mass is 32.2. The SMILES string of the molecule is CC(C)C(N)=NCC(C)(C)NS(C)(=O)=O. The second-order valence-corrected chi connectivity index (χ2v) is 6.40. The molecule has 5 nitrogen and oxygen atoms in total. The number of amidine groups is 1. The summed E-state index contributed by atoms with van der Waals surface area (Å²) in [7, 11) is -3.21. The fourth-order valence-electron chi connectivity index (χ4n) is 1.01. The van der Waals surface area contributed by atoms with E-state index in [-0.39, 0.29) is 5.92 Å². The van der Waals surface area contributed by atoms with Gasteiger partial charge < -0.3 is 5.73 Å². The van der Waals surface area contributed by atoms with Crippen molar-refractivity contribution in [2.24, 2.45) is 16.6 Å². The summed E-state index contributed by atoms with van der Waals surface area (Å²) >= 11 is 0. The number of sulfonamides is 1. The highest BCUT2D eigenvalue weighted by Gasteiger charge is 2.21. The molecule has 0 bridgehead atoms. The van der Waals surface area contributed by atoms with Crippen molar-refractivity contribution in [1.29, 1.82) is 0 Å². The molecule has 0 atom stereocenters. The lowest BCUT2D eigenvalue weighted by molar-refractivity contribution is 0.465. The molecule has 3 N–H and O–H groups in total. The Hall–Kier alpha value is -0.620. The maximum absolute atomic E-state index is 11.0. The Morgan fingerprint density at radius 3 is 2.27 bits per heavy atom. The van der Waals surface area contributed by atoms with Crippen LogP contribution in [0.3, 0.4) is 0 Å². The number of aliphatic imine (C=N–C) groups is 1. The van der Waals surface area contributed by atoms with Crippen molar-refractivity contribution < 1.29 is 8.42 Å². The third kappa shape index (κ3) is 7.33. The topological polar surface area (TPSA) is 84.5 Å². The second-order valence-electron chi connectivity index (χ2n) is 4.65. The number of hydrogen-bond donors (Lipinski definition) is 2. The molecule has 0 unspecified atom stereocenters. The van der Waals surface area contributed by atoms with E-state index in [0.29, 0.717) is 12.4 Å². The smallest absolute Gasteiger partial charge is 0.209 e. The molecule has 0 amide bonds. The van der Waals surface area contributed by atoms with Crippen LogP contribution in [-0.4, -0.2) is 32.6 Å². The number of nitrogens with two attached hydrogens (primary N) is 1. The summed E-state index contributed by atoms with van der Waals surface area (Å²) in [5.74, 6) is 0.720. The maximum Gasteiger partial charge on any atom is 0.209 e. The van der Waals surface area contributed by atoms with Crippen LogP contribution in [0.25, 0.3) is 0 Å². The Bertz CT molecular complexity index is 331. The number of nitrogens with one attached hydrogen (secondary N) is 1.